The molecule has 3 rings (SSSR count). The Balaban J connectivity index is 1.89. The average molecular weight is 361 g/mol. The van der Waals surface area contributed by atoms with Gasteiger partial charge >= 0.3 is 0 Å². The zero-order valence-electron chi connectivity index (χ0n) is 15.6. The van der Waals surface area contributed by atoms with Crippen LogP contribution in [0.3, 0.4) is 0 Å². The lowest BCUT2D eigenvalue weighted by Crippen LogP contribution is -2.48. The summed E-state index contributed by atoms with van der Waals surface area (Å²) in [5.74, 6) is 0.137. The van der Waals surface area contributed by atoms with E-state index in [1.54, 1.807) is 14.7 Å². The Hall–Kier alpha value is -2.38. The summed E-state index contributed by atoms with van der Waals surface area (Å²) in [5, 5.41) is 0. The highest BCUT2D eigenvalue weighted by molar-refractivity contribution is 5.97. The predicted octanol–water partition coefficient (Wildman–Crippen LogP) is 0.616. The van der Waals surface area contributed by atoms with Crippen LogP contribution in [0.2, 0.25) is 0 Å². The fraction of sp³-hybridized carbons (Fsp3) is 0.667. The number of hydrogen-bond donors (Lipinski definition) is 0. The molecule has 1 aromatic heterocycles. The van der Waals surface area contributed by atoms with Crippen LogP contribution in [0.4, 0.5) is 0 Å². The van der Waals surface area contributed by atoms with Crippen molar-refractivity contribution in [1.29, 1.82) is 0 Å². The molecule has 0 saturated carbocycles. The van der Waals surface area contributed by atoms with E-state index in [9.17, 15) is 14.4 Å². The van der Waals surface area contributed by atoms with Crippen LogP contribution in [0.5, 0.6) is 0 Å². The molecule has 0 unspecified atom stereocenters. The summed E-state index contributed by atoms with van der Waals surface area (Å²) in [6.07, 6.45) is 3.60. The molecule has 26 heavy (non-hydrogen) atoms. The highest BCUT2D eigenvalue weighted by atomic mass is 16.2. The van der Waals surface area contributed by atoms with Crippen molar-refractivity contribution in [3.8, 4) is 0 Å². The molecule has 0 bridgehead atoms. The van der Waals surface area contributed by atoms with Gasteiger partial charge in [0.1, 0.15) is 5.69 Å². The number of imidazole rings is 1. The van der Waals surface area contributed by atoms with Crippen LogP contribution >= 0.6 is 0 Å². The SMILES string of the molecule is CCN(CC)C(=O)c1nc(C(=O)N2CCN(C=O)CC2)n2c1CCCC2. The predicted molar refractivity (Wildman–Crippen MR) is 96.0 cm³/mol. The van der Waals surface area contributed by atoms with Crippen LogP contribution in [-0.4, -0.2) is 81.7 Å². The zero-order valence-corrected chi connectivity index (χ0v) is 15.6. The van der Waals surface area contributed by atoms with Gasteiger partial charge in [-0.05, 0) is 33.1 Å². The van der Waals surface area contributed by atoms with Crippen LogP contribution in [0.15, 0.2) is 0 Å². The Morgan fingerprint density at radius 1 is 1.08 bits per heavy atom. The molecule has 0 radical (unpaired) electrons. The molecule has 0 spiro atoms. The van der Waals surface area contributed by atoms with Crippen molar-refractivity contribution in [2.75, 3.05) is 39.3 Å². The molecule has 1 saturated heterocycles. The highest BCUT2D eigenvalue weighted by Crippen LogP contribution is 2.23. The first-order valence-corrected chi connectivity index (χ1v) is 9.48. The zero-order chi connectivity index (χ0) is 18.7. The third kappa shape index (κ3) is 3.32. The minimum absolute atomic E-state index is 0.0922. The van der Waals surface area contributed by atoms with Gasteiger partial charge < -0.3 is 19.3 Å². The van der Waals surface area contributed by atoms with E-state index in [0.717, 1.165) is 37.9 Å². The molecule has 1 aromatic rings. The topological polar surface area (TPSA) is 78.8 Å². The first-order valence-electron chi connectivity index (χ1n) is 9.48. The van der Waals surface area contributed by atoms with Gasteiger partial charge in [0, 0.05) is 45.8 Å². The fourth-order valence-electron chi connectivity index (χ4n) is 3.71. The van der Waals surface area contributed by atoms with E-state index >= 15 is 0 Å². The summed E-state index contributed by atoms with van der Waals surface area (Å²) in [7, 11) is 0. The van der Waals surface area contributed by atoms with Crippen molar-refractivity contribution in [3.63, 3.8) is 0 Å². The number of aromatic nitrogens is 2. The molecule has 142 valence electrons. The largest absolute Gasteiger partial charge is 0.342 e. The number of carbonyl (C=O) groups is 3. The van der Waals surface area contributed by atoms with Crippen LogP contribution in [-0.2, 0) is 17.8 Å². The second kappa shape index (κ2) is 7.88. The second-order valence-electron chi connectivity index (χ2n) is 6.75. The molecule has 1 fully saturated rings. The Morgan fingerprint density at radius 2 is 1.77 bits per heavy atom. The van der Waals surface area contributed by atoms with Crippen molar-refractivity contribution in [2.45, 2.75) is 39.7 Å². The molecular formula is C18H27N5O3. The Kier molecular flexibility index (Phi) is 5.58. The molecule has 0 aromatic carbocycles. The average Bonchev–Trinajstić information content (AvgIpc) is 3.08. The van der Waals surface area contributed by atoms with E-state index < -0.39 is 0 Å². The Labute approximate surface area is 153 Å². The van der Waals surface area contributed by atoms with Crippen LogP contribution in [0.1, 0.15) is 53.5 Å². The summed E-state index contributed by atoms with van der Waals surface area (Å²) in [6.45, 7) is 7.94. The number of amides is 3. The molecule has 8 heteroatoms. The van der Waals surface area contributed by atoms with Crippen molar-refractivity contribution in [3.05, 3.63) is 17.2 Å². The fourth-order valence-corrected chi connectivity index (χ4v) is 3.71. The summed E-state index contributed by atoms with van der Waals surface area (Å²) < 4.78 is 1.94. The van der Waals surface area contributed by atoms with E-state index in [0.29, 0.717) is 50.8 Å². The molecule has 0 N–H and O–H groups in total. The van der Waals surface area contributed by atoms with Crippen molar-refractivity contribution >= 4 is 18.2 Å². The van der Waals surface area contributed by atoms with Crippen molar-refractivity contribution < 1.29 is 14.4 Å². The molecule has 3 heterocycles. The summed E-state index contributed by atoms with van der Waals surface area (Å²) >= 11 is 0. The number of hydrogen-bond acceptors (Lipinski definition) is 4. The van der Waals surface area contributed by atoms with Crippen LogP contribution in [0, 0.1) is 0 Å². The van der Waals surface area contributed by atoms with Gasteiger partial charge in [0.05, 0.1) is 5.69 Å². The van der Waals surface area contributed by atoms with Crippen LogP contribution in [0.25, 0.3) is 0 Å². The molecule has 3 amide bonds. The van der Waals surface area contributed by atoms with Gasteiger partial charge in [-0.15, -0.1) is 0 Å². The maximum atomic E-state index is 13.0. The first-order chi connectivity index (χ1) is 12.6. The maximum Gasteiger partial charge on any atom is 0.290 e. The quantitative estimate of drug-likeness (QED) is 0.720. The lowest BCUT2D eigenvalue weighted by Gasteiger charge is -2.32. The minimum Gasteiger partial charge on any atom is -0.342 e. The van der Waals surface area contributed by atoms with Gasteiger partial charge in [-0.3, -0.25) is 14.4 Å². The molecule has 0 aliphatic carbocycles. The highest BCUT2D eigenvalue weighted by Gasteiger charge is 2.32. The smallest absolute Gasteiger partial charge is 0.290 e. The lowest BCUT2D eigenvalue weighted by atomic mass is 10.1. The van der Waals surface area contributed by atoms with Crippen LogP contribution < -0.4 is 0 Å². The molecule has 0 atom stereocenters. The minimum atomic E-state index is -0.141. The lowest BCUT2D eigenvalue weighted by molar-refractivity contribution is -0.119. The van der Waals surface area contributed by atoms with Gasteiger partial charge in [-0.2, -0.15) is 0 Å². The number of piperazine rings is 1. The monoisotopic (exact) mass is 361 g/mol. The van der Waals surface area contributed by atoms with E-state index in [1.165, 1.54) is 0 Å². The van der Waals surface area contributed by atoms with E-state index in [4.69, 9.17) is 0 Å². The first kappa shape index (κ1) is 18.4. The van der Waals surface area contributed by atoms with E-state index in [1.807, 2.05) is 18.4 Å². The molecule has 2 aliphatic rings. The number of carbonyl (C=O) groups excluding carboxylic acids is 3. The third-order valence-corrected chi connectivity index (χ3v) is 5.31. The summed E-state index contributed by atoms with van der Waals surface area (Å²) in [5.41, 5.74) is 1.33. The van der Waals surface area contributed by atoms with Gasteiger partial charge in [0.25, 0.3) is 11.8 Å². The summed E-state index contributed by atoms with van der Waals surface area (Å²) in [6, 6.07) is 0. The Bertz CT molecular complexity index is 687. The van der Waals surface area contributed by atoms with Gasteiger partial charge in [0.2, 0.25) is 6.41 Å². The number of fused-ring (bicyclic) bond motifs is 1. The van der Waals surface area contributed by atoms with E-state index in [-0.39, 0.29) is 11.8 Å². The van der Waals surface area contributed by atoms with Crippen molar-refractivity contribution in [1.82, 2.24) is 24.3 Å². The number of nitrogens with zero attached hydrogens (tertiary/aromatic N) is 5. The maximum absolute atomic E-state index is 13.0. The van der Waals surface area contributed by atoms with Crippen molar-refractivity contribution in [2.24, 2.45) is 0 Å². The Morgan fingerprint density at radius 3 is 2.38 bits per heavy atom. The molecule has 8 nitrogen and oxygen atoms in total. The van der Waals surface area contributed by atoms with Gasteiger partial charge in [-0.1, -0.05) is 0 Å². The standard InChI is InChI=1S/C18H27N5O3/c1-3-21(4-2)17(25)15-14-7-5-6-8-23(14)16(19-15)18(26)22-11-9-20(13-24)10-12-22/h13H,3-12H2,1-2H3. The number of rotatable bonds is 5. The van der Waals surface area contributed by atoms with E-state index in [2.05, 4.69) is 4.98 Å². The van der Waals surface area contributed by atoms with Gasteiger partial charge in [0.15, 0.2) is 5.82 Å². The molecular weight excluding hydrogens is 334 g/mol. The molecule has 2 aliphatic heterocycles. The normalized spacial score (nSPS) is 17.0. The summed E-state index contributed by atoms with van der Waals surface area (Å²) in [4.78, 5) is 46.4. The third-order valence-electron chi connectivity index (χ3n) is 5.31. The van der Waals surface area contributed by atoms with Gasteiger partial charge in [-0.25, -0.2) is 4.98 Å². The second-order valence-corrected chi connectivity index (χ2v) is 6.75.